The summed E-state index contributed by atoms with van der Waals surface area (Å²) in [5.41, 5.74) is 1.51. The highest BCUT2D eigenvalue weighted by Crippen LogP contribution is 2.38. The quantitative estimate of drug-likeness (QED) is 0.350. The Hall–Kier alpha value is -2.97. The lowest BCUT2D eigenvalue weighted by atomic mass is 10.1. The minimum atomic E-state index is -1.05. The van der Waals surface area contributed by atoms with Gasteiger partial charge >= 0.3 is 5.97 Å². The summed E-state index contributed by atoms with van der Waals surface area (Å²) < 4.78 is 31.6. The molecule has 0 aromatic heterocycles. The highest BCUT2D eigenvalue weighted by molar-refractivity contribution is 9.10. The molecule has 0 aliphatic heterocycles. The van der Waals surface area contributed by atoms with Crippen LogP contribution in [-0.4, -0.2) is 25.3 Å². The van der Waals surface area contributed by atoms with Crippen molar-refractivity contribution in [2.24, 2.45) is 0 Å². The Morgan fingerprint density at radius 1 is 1.09 bits per heavy atom. The molecule has 0 saturated carbocycles. The SMILES string of the molecule is COc1ccc(C(=O)O)cc1NCc1c(Br)ccc(OC)c1OCc1c(F)cccc1Cl. The van der Waals surface area contributed by atoms with E-state index < -0.39 is 11.8 Å². The van der Waals surface area contributed by atoms with Crippen molar-refractivity contribution in [3.05, 3.63) is 80.5 Å². The summed E-state index contributed by atoms with van der Waals surface area (Å²) >= 11 is 9.63. The zero-order valence-corrected chi connectivity index (χ0v) is 19.6. The number of halogens is 3. The molecule has 3 aromatic carbocycles. The first-order valence-electron chi connectivity index (χ1n) is 9.42. The third-order valence-corrected chi connectivity index (χ3v) is 5.81. The van der Waals surface area contributed by atoms with E-state index in [1.807, 2.05) is 0 Å². The molecule has 3 rings (SSSR count). The van der Waals surface area contributed by atoms with Gasteiger partial charge < -0.3 is 24.6 Å². The van der Waals surface area contributed by atoms with Crippen LogP contribution in [0.25, 0.3) is 0 Å². The molecule has 0 aliphatic rings. The van der Waals surface area contributed by atoms with Crippen molar-refractivity contribution >= 4 is 39.2 Å². The van der Waals surface area contributed by atoms with Crippen LogP contribution in [0.1, 0.15) is 21.5 Å². The van der Waals surface area contributed by atoms with Gasteiger partial charge in [-0.15, -0.1) is 0 Å². The molecule has 0 atom stereocenters. The fourth-order valence-corrected chi connectivity index (χ4v) is 3.71. The molecule has 0 fully saturated rings. The van der Waals surface area contributed by atoms with Gasteiger partial charge in [-0.25, -0.2) is 9.18 Å². The number of anilines is 1. The smallest absolute Gasteiger partial charge is 0.335 e. The van der Waals surface area contributed by atoms with Gasteiger partial charge in [0, 0.05) is 22.1 Å². The molecule has 0 amide bonds. The van der Waals surface area contributed by atoms with E-state index in [1.165, 1.54) is 38.5 Å². The molecule has 2 N–H and O–H groups in total. The third-order valence-electron chi connectivity index (χ3n) is 4.71. The third kappa shape index (κ3) is 5.26. The van der Waals surface area contributed by atoms with E-state index in [-0.39, 0.29) is 29.3 Å². The average molecular weight is 525 g/mol. The van der Waals surface area contributed by atoms with Crippen molar-refractivity contribution in [3.63, 3.8) is 0 Å². The average Bonchev–Trinajstić information content (AvgIpc) is 2.78. The van der Waals surface area contributed by atoms with Crippen molar-refractivity contribution in [3.8, 4) is 17.2 Å². The first-order valence-corrected chi connectivity index (χ1v) is 10.6. The number of nitrogens with one attached hydrogen (secondary N) is 1. The lowest BCUT2D eigenvalue weighted by Gasteiger charge is -2.19. The zero-order chi connectivity index (χ0) is 23.3. The monoisotopic (exact) mass is 523 g/mol. The largest absolute Gasteiger partial charge is 0.495 e. The first kappa shape index (κ1) is 23.7. The Kier molecular flexibility index (Phi) is 7.82. The van der Waals surface area contributed by atoms with Gasteiger partial charge in [0.25, 0.3) is 0 Å². The van der Waals surface area contributed by atoms with Gasteiger partial charge in [-0.2, -0.15) is 0 Å². The molecule has 0 unspecified atom stereocenters. The maximum atomic E-state index is 14.2. The molecular formula is C23H20BrClFNO5. The van der Waals surface area contributed by atoms with Gasteiger partial charge in [0.1, 0.15) is 18.2 Å². The van der Waals surface area contributed by atoms with Crippen molar-refractivity contribution in [2.75, 3.05) is 19.5 Å². The second kappa shape index (κ2) is 10.6. The minimum absolute atomic E-state index is 0.108. The molecule has 0 bridgehead atoms. The van der Waals surface area contributed by atoms with Crippen LogP contribution < -0.4 is 19.5 Å². The number of benzene rings is 3. The Balaban J connectivity index is 1.92. The molecule has 0 aliphatic carbocycles. The summed E-state index contributed by atoms with van der Waals surface area (Å²) in [5.74, 6) is -0.203. The number of hydrogen-bond acceptors (Lipinski definition) is 5. The highest BCUT2D eigenvalue weighted by atomic mass is 79.9. The Bertz CT molecular complexity index is 1120. The van der Waals surface area contributed by atoms with Crippen LogP contribution in [0, 0.1) is 5.82 Å². The zero-order valence-electron chi connectivity index (χ0n) is 17.2. The van der Waals surface area contributed by atoms with Crippen LogP contribution in [0.15, 0.2) is 53.0 Å². The lowest BCUT2D eigenvalue weighted by molar-refractivity contribution is 0.0697. The number of methoxy groups -OCH3 is 2. The predicted octanol–water partition coefficient (Wildman–Crippen LogP) is 6.15. The number of carbonyl (C=O) groups is 1. The van der Waals surface area contributed by atoms with E-state index in [2.05, 4.69) is 21.2 Å². The van der Waals surface area contributed by atoms with E-state index in [4.69, 9.17) is 25.8 Å². The first-order chi connectivity index (χ1) is 15.3. The van der Waals surface area contributed by atoms with E-state index in [0.717, 1.165) is 0 Å². The second-order valence-electron chi connectivity index (χ2n) is 6.62. The van der Waals surface area contributed by atoms with Gasteiger partial charge in [0.15, 0.2) is 11.5 Å². The van der Waals surface area contributed by atoms with E-state index in [0.29, 0.717) is 33.0 Å². The number of ether oxygens (including phenoxy) is 3. The van der Waals surface area contributed by atoms with E-state index >= 15 is 0 Å². The van der Waals surface area contributed by atoms with Crippen LogP contribution >= 0.6 is 27.5 Å². The van der Waals surface area contributed by atoms with Crippen molar-refractivity contribution < 1.29 is 28.5 Å². The van der Waals surface area contributed by atoms with Gasteiger partial charge in [-0.3, -0.25) is 0 Å². The normalized spacial score (nSPS) is 10.5. The Morgan fingerprint density at radius 2 is 1.81 bits per heavy atom. The van der Waals surface area contributed by atoms with Crippen LogP contribution in [0.2, 0.25) is 5.02 Å². The summed E-state index contributed by atoms with van der Waals surface area (Å²) in [6, 6.07) is 12.5. The Labute approximate surface area is 198 Å². The fourth-order valence-electron chi connectivity index (χ4n) is 3.04. The summed E-state index contributed by atoms with van der Waals surface area (Å²) in [5, 5.41) is 12.7. The number of rotatable bonds is 9. The lowest BCUT2D eigenvalue weighted by Crippen LogP contribution is -2.08. The van der Waals surface area contributed by atoms with Gasteiger partial charge in [0.2, 0.25) is 0 Å². The van der Waals surface area contributed by atoms with Crippen LogP contribution in [0.4, 0.5) is 10.1 Å². The minimum Gasteiger partial charge on any atom is -0.495 e. The summed E-state index contributed by atoms with van der Waals surface area (Å²) in [7, 11) is 3.00. The predicted molar refractivity (Wildman–Crippen MR) is 124 cm³/mol. The second-order valence-corrected chi connectivity index (χ2v) is 7.88. The van der Waals surface area contributed by atoms with Crippen molar-refractivity contribution in [1.82, 2.24) is 0 Å². The molecule has 3 aromatic rings. The van der Waals surface area contributed by atoms with Crippen LogP contribution in [0.3, 0.4) is 0 Å². The van der Waals surface area contributed by atoms with Crippen LogP contribution in [-0.2, 0) is 13.2 Å². The molecule has 0 spiro atoms. The van der Waals surface area contributed by atoms with Crippen molar-refractivity contribution in [1.29, 1.82) is 0 Å². The molecule has 0 heterocycles. The summed E-state index contributed by atoms with van der Waals surface area (Å²) in [4.78, 5) is 11.3. The molecular weight excluding hydrogens is 505 g/mol. The molecule has 0 saturated heterocycles. The molecule has 0 radical (unpaired) electrons. The highest BCUT2D eigenvalue weighted by Gasteiger charge is 2.18. The maximum absolute atomic E-state index is 14.2. The van der Waals surface area contributed by atoms with Gasteiger partial charge in [-0.05, 0) is 42.5 Å². The Morgan fingerprint density at radius 3 is 2.47 bits per heavy atom. The number of carboxylic acid groups (broad SMARTS) is 1. The molecule has 6 nitrogen and oxygen atoms in total. The number of aromatic carboxylic acids is 1. The maximum Gasteiger partial charge on any atom is 0.335 e. The topological polar surface area (TPSA) is 77.0 Å². The molecule has 168 valence electrons. The van der Waals surface area contributed by atoms with Crippen LogP contribution in [0.5, 0.6) is 17.2 Å². The molecule has 9 heteroatoms. The fraction of sp³-hybridized carbons (Fsp3) is 0.174. The van der Waals surface area contributed by atoms with Crippen molar-refractivity contribution in [2.45, 2.75) is 13.2 Å². The van der Waals surface area contributed by atoms with Gasteiger partial charge in [0.05, 0.1) is 30.5 Å². The van der Waals surface area contributed by atoms with Gasteiger partial charge in [-0.1, -0.05) is 33.6 Å². The number of hydrogen-bond donors (Lipinski definition) is 2. The van der Waals surface area contributed by atoms with E-state index in [9.17, 15) is 14.3 Å². The number of carboxylic acids is 1. The van der Waals surface area contributed by atoms with E-state index in [1.54, 1.807) is 24.3 Å². The summed E-state index contributed by atoms with van der Waals surface area (Å²) in [6.07, 6.45) is 0. The molecule has 32 heavy (non-hydrogen) atoms. The summed E-state index contributed by atoms with van der Waals surface area (Å²) in [6.45, 7) is 0.126. The standard InChI is InChI=1S/C23H20BrClFNO5/c1-30-20-8-6-13(23(28)29)10-19(20)27-11-14-16(24)7-9-21(31-2)22(14)32-12-15-17(25)4-3-5-18(15)26/h3-10,27H,11-12H2,1-2H3,(H,28,29).